The third kappa shape index (κ3) is 5.22. The molecular weight excluding hydrogens is 412 g/mol. The van der Waals surface area contributed by atoms with Crippen LogP contribution in [0, 0.1) is 0 Å². The molecule has 0 N–H and O–H groups in total. The fourth-order valence-electron chi connectivity index (χ4n) is 3.90. The van der Waals surface area contributed by atoms with E-state index in [-0.39, 0.29) is 23.4 Å². The second-order valence-corrected chi connectivity index (χ2v) is 7.72. The molecule has 33 heavy (non-hydrogen) atoms. The first-order chi connectivity index (χ1) is 16.2. The van der Waals surface area contributed by atoms with Crippen LogP contribution in [0.1, 0.15) is 11.1 Å². The van der Waals surface area contributed by atoms with E-state index in [1.165, 1.54) is 0 Å². The largest absolute Gasteiger partial charge is 0.451 e. The first kappa shape index (κ1) is 22.1. The van der Waals surface area contributed by atoms with Crippen molar-refractivity contribution < 1.29 is 14.3 Å². The van der Waals surface area contributed by atoms with Crippen LogP contribution >= 0.6 is 0 Å². The normalized spacial score (nSPS) is 11.0. The lowest BCUT2D eigenvalue weighted by atomic mass is 10.1. The smallest absolute Gasteiger partial charge is 0.361 e. The van der Waals surface area contributed by atoms with E-state index in [2.05, 4.69) is 4.98 Å². The zero-order valence-electron chi connectivity index (χ0n) is 18.2. The van der Waals surface area contributed by atoms with Gasteiger partial charge < -0.3 is 4.74 Å². The van der Waals surface area contributed by atoms with Gasteiger partial charge in [-0.25, -0.2) is 4.79 Å². The van der Waals surface area contributed by atoms with Gasteiger partial charge in [-0.05, 0) is 11.6 Å². The van der Waals surface area contributed by atoms with Crippen molar-refractivity contribution in [3.8, 4) is 0 Å². The van der Waals surface area contributed by atoms with Gasteiger partial charge in [0.25, 0.3) is 0 Å². The van der Waals surface area contributed by atoms with Gasteiger partial charge in [-0.3, -0.25) is 9.78 Å². The van der Waals surface area contributed by atoms with Crippen molar-refractivity contribution in [2.24, 2.45) is 0 Å². The summed E-state index contributed by atoms with van der Waals surface area (Å²) in [5.41, 5.74) is 3.32. The molecule has 5 heteroatoms. The first-order valence-electron chi connectivity index (χ1n) is 10.8. The molecule has 0 aliphatic rings. The van der Waals surface area contributed by atoms with Crippen molar-refractivity contribution in [2.45, 2.75) is 13.0 Å². The van der Waals surface area contributed by atoms with Gasteiger partial charge in [0.2, 0.25) is 6.61 Å². The number of amides is 1. The Kier molecular flexibility index (Phi) is 7.03. The molecule has 5 nitrogen and oxygen atoms in total. The maximum atomic E-state index is 13.9. The number of nitrogens with zero attached hydrogens (tertiary/aromatic N) is 2. The number of carbonyl (C=O) groups excluding carboxylic acids is 2. The van der Waals surface area contributed by atoms with Gasteiger partial charge in [-0.15, -0.1) is 0 Å². The van der Waals surface area contributed by atoms with Crippen LogP contribution in [0.5, 0.6) is 0 Å². The van der Waals surface area contributed by atoms with Crippen molar-refractivity contribution >= 4 is 23.3 Å². The van der Waals surface area contributed by atoms with Crippen LogP contribution in [0.15, 0.2) is 116 Å². The number of carbonyl (C=O) groups is 2. The highest BCUT2D eigenvalue weighted by atomic mass is 16.5. The predicted octanol–water partition coefficient (Wildman–Crippen LogP) is 5.23. The van der Waals surface area contributed by atoms with Crippen LogP contribution in [-0.2, 0) is 27.3 Å². The summed E-state index contributed by atoms with van der Waals surface area (Å²) in [4.78, 5) is 30.6. The maximum Gasteiger partial charge on any atom is 0.361 e. The molecule has 4 rings (SSSR count). The molecule has 0 fully saturated rings. The zero-order valence-corrected chi connectivity index (χ0v) is 18.2. The summed E-state index contributed by atoms with van der Waals surface area (Å²) in [5.74, 6) is -0.673. The first-order valence-corrected chi connectivity index (χ1v) is 10.8. The molecule has 1 aromatic heterocycles. The third-order valence-corrected chi connectivity index (χ3v) is 5.51. The van der Waals surface area contributed by atoms with Gasteiger partial charge in [0, 0.05) is 42.2 Å². The van der Waals surface area contributed by atoms with Gasteiger partial charge in [-0.2, -0.15) is 4.48 Å². The predicted molar refractivity (Wildman–Crippen MR) is 128 cm³/mol. The minimum Gasteiger partial charge on any atom is -0.451 e. The summed E-state index contributed by atoms with van der Waals surface area (Å²) in [6.07, 6.45) is 3.58. The van der Waals surface area contributed by atoms with Crippen LogP contribution in [0.3, 0.4) is 0 Å². The molecule has 164 valence electrons. The van der Waals surface area contributed by atoms with Gasteiger partial charge in [-0.1, -0.05) is 72.8 Å². The number of benzene rings is 3. The second-order valence-electron chi connectivity index (χ2n) is 7.72. The summed E-state index contributed by atoms with van der Waals surface area (Å²) >= 11 is 0. The molecule has 0 aliphatic heterocycles. The van der Waals surface area contributed by atoms with Crippen molar-refractivity contribution in [1.82, 2.24) is 9.47 Å². The number of hydrogen-bond donors (Lipinski definition) is 0. The van der Waals surface area contributed by atoms with E-state index in [4.69, 9.17) is 4.74 Å². The molecule has 1 amide bonds. The Bertz CT molecular complexity index is 1140. The Balaban J connectivity index is 1.68. The van der Waals surface area contributed by atoms with Crippen LogP contribution < -0.4 is 4.48 Å². The van der Waals surface area contributed by atoms with E-state index in [9.17, 15) is 9.59 Å². The highest BCUT2D eigenvalue weighted by molar-refractivity contribution is 5.96. The Morgan fingerprint density at radius 1 is 0.697 bits per heavy atom. The lowest BCUT2D eigenvalue weighted by molar-refractivity contribution is -0.150. The number of pyridine rings is 1. The average molecular weight is 438 g/mol. The monoisotopic (exact) mass is 437 g/mol. The van der Waals surface area contributed by atoms with E-state index in [0.29, 0.717) is 6.54 Å². The Morgan fingerprint density at radius 3 is 1.79 bits per heavy atom. The molecule has 4 aromatic rings. The van der Waals surface area contributed by atoms with E-state index in [0.717, 1.165) is 22.5 Å². The Morgan fingerprint density at radius 2 is 1.24 bits per heavy atom. The number of quaternary nitrogens is 1. The fraction of sp³-hybridized carbons (Fsp3) is 0.107. The number of ether oxygens (including phenoxy) is 1. The molecule has 3 aromatic carbocycles. The molecule has 0 radical (unpaired) electrons. The summed E-state index contributed by atoms with van der Waals surface area (Å²) < 4.78 is 5.36. The molecule has 0 aliphatic carbocycles. The SMILES string of the molecule is O=C(Cc1ccccc1)OCC(=O)[N+](Cc1cccnc1)(c1ccccc1)c1ccccc1. The minimum atomic E-state index is -0.435. The second kappa shape index (κ2) is 10.5. The highest BCUT2D eigenvalue weighted by Gasteiger charge is 2.42. The molecule has 1 heterocycles. The average Bonchev–Trinajstić information content (AvgIpc) is 2.88. The molecule has 0 spiro atoms. The fourth-order valence-corrected chi connectivity index (χ4v) is 3.90. The lowest BCUT2D eigenvalue weighted by Gasteiger charge is -2.35. The standard InChI is InChI=1S/C28H25N2O3/c31-27(22-33-28(32)19-23-11-4-1-5-12-23)30(25-14-6-2-7-15-25,26-16-8-3-9-17-26)21-24-13-10-18-29-20-24/h1-18,20H,19,21-22H2/q+1. The van der Waals surface area contributed by atoms with E-state index in [1.54, 1.807) is 12.4 Å². The lowest BCUT2D eigenvalue weighted by Crippen LogP contribution is -2.51. The zero-order chi connectivity index (χ0) is 22.9. The van der Waals surface area contributed by atoms with Crippen molar-refractivity contribution in [3.63, 3.8) is 0 Å². The summed E-state index contributed by atoms with van der Waals surface area (Å²) in [7, 11) is 0. The molecule has 0 saturated heterocycles. The van der Waals surface area contributed by atoms with Gasteiger partial charge in [0.1, 0.15) is 17.9 Å². The molecule has 0 atom stereocenters. The van der Waals surface area contributed by atoms with Gasteiger partial charge in [0.05, 0.1) is 6.42 Å². The molecule has 0 unspecified atom stereocenters. The quantitative estimate of drug-likeness (QED) is 0.280. The van der Waals surface area contributed by atoms with Crippen LogP contribution in [0.4, 0.5) is 11.4 Å². The topological polar surface area (TPSA) is 56.3 Å². The number of aromatic nitrogens is 1. The molecule has 0 bridgehead atoms. The summed E-state index contributed by atoms with van der Waals surface area (Å²) in [6, 6.07) is 32.3. The van der Waals surface area contributed by atoms with E-state index < -0.39 is 5.97 Å². The Labute approximate surface area is 193 Å². The van der Waals surface area contributed by atoms with Crippen LogP contribution in [-0.4, -0.2) is 23.5 Å². The maximum absolute atomic E-state index is 13.9. The van der Waals surface area contributed by atoms with Crippen LogP contribution in [0.2, 0.25) is 0 Å². The number of rotatable bonds is 8. The number of para-hydroxylation sites is 2. The highest BCUT2D eigenvalue weighted by Crippen LogP contribution is 2.37. The number of esters is 1. The summed E-state index contributed by atoms with van der Waals surface area (Å²) in [6.45, 7) is 0.00660. The Hall–Kier alpha value is -4.09. The van der Waals surface area contributed by atoms with Crippen molar-refractivity contribution in [2.75, 3.05) is 6.61 Å². The van der Waals surface area contributed by atoms with Crippen molar-refractivity contribution in [1.29, 1.82) is 0 Å². The molecular formula is C28H25N2O3+. The van der Waals surface area contributed by atoms with Gasteiger partial charge in [0.15, 0.2) is 0 Å². The van der Waals surface area contributed by atoms with E-state index in [1.807, 2.05) is 103 Å². The van der Waals surface area contributed by atoms with E-state index >= 15 is 0 Å². The third-order valence-electron chi connectivity index (χ3n) is 5.51. The summed E-state index contributed by atoms with van der Waals surface area (Å²) in [5, 5.41) is 0. The minimum absolute atomic E-state index is 0.118. The van der Waals surface area contributed by atoms with Gasteiger partial charge >= 0.3 is 11.9 Å². The molecule has 0 saturated carbocycles. The van der Waals surface area contributed by atoms with Crippen LogP contribution in [0.25, 0.3) is 0 Å². The number of hydrogen-bond acceptors (Lipinski definition) is 4. The van der Waals surface area contributed by atoms with Crippen molar-refractivity contribution in [3.05, 3.63) is 127 Å².